The number of urea groups is 1. The summed E-state index contributed by atoms with van der Waals surface area (Å²) in [4.78, 5) is 12.3. The molecule has 5 heteroatoms. The smallest absolute Gasteiger partial charge is 0.315 e. The molecular formula is C17H26N2O3. The van der Waals surface area contributed by atoms with Gasteiger partial charge in [0.1, 0.15) is 5.75 Å². The van der Waals surface area contributed by atoms with Gasteiger partial charge < -0.3 is 20.1 Å². The number of benzene rings is 1. The molecule has 1 saturated heterocycles. The lowest BCUT2D eigenvalue weighted by atomic mass is 9.93. The van der Waals surface area contributed by atoms with E-state index in [2.05, 4.69) is 10.6 Å². The van der Waals surface area contributed by atoms with Crippen LogP contribution in [0, 0.1) is 0 Å². The second kappa shape index (κ2) is 7.49. The molecule has 1 heterocycles. The number of hydrogen-bond acceptors (Lipinski definition) is 3. The Balaban J connectivity index is 1.99. The second-order valence-corrected chi connectivity index (χ2v) is 6.16. The third-order valence-corrected chi connectivity index (χ3v) is 3.99. The molecule has 0 spiro atoms. The van der Waals surface area contributed by atoms with Crippen LogP contribution in [0.2, 0.25) is 0 Å². The maximum absolute atomic E-state index is 12.3. The van der Waals surface area contributed by atoms with E-state index < -0.39 is 5.54 Å². The largest absolute Gasteiger partial charge is 0.496 e. The number of methoxy groups -OCH3 is 1. The number of nitrogens with one attached hydrogen (secondary N) is 2. The Morgan fingerprint density at radius 1 is 1.27 bits per heavy atom. The molecule has 2 rings (SSSR count). The minimum atomic E-state index is -0.516. The molecule has 0 aromatic heterocycles. The molecule has 0 bridgehead atoms. The van der Waals surface area contributed by atoms with Gasteiger partial charge >= 0.3 is 6.03 Å². The quantitative estimate of drug-likeness (QED) is 0.899. The first-order chi connectivity index (χ1) is 10.5. The highest BCUT2D eigenvalue weighted by atomic mass is 16.5. The van der Waals surface area contributed by atoms with E-state index in [9.17, 15) is 4.79 Å². The van der Waals surface area contributed by atoms with Crippen LogP contribution in [-0.4, -0.2) is 32.4 Å². The minimum Gasteiger partial charge on any atom is -0.496 e. The maximum Gasteiger partial charge on any atom is 0.315 e. The molecule has 0 saturated carbocycles. The van der Waals surface area contributed by atoms with Crippen molar-refractivity contribution in [1.82, 2.24) is 10.6 Å². The van der Waals surface area contributed by atoms with E-state index in [-0.39, 0.29) is 12.1 Å². The van der Waals surface area contributed by atoms with Gasteiger partial charge in [0, 0.05) is 24.8 Å². The molecular weight excluding hydrogens is 280 g/mol. The van der Waals surface area contributed by atoms with Crippen LogP contribution in [0.4, 0.5) is 4.79 Å². The van der Waals surface area contributed by atoms with Gasteiger partial charge in [-0.3, -0.25) is 0 Å². The van der Waals surface area contributed by atoms with Crippen LogP contribution in [0.5, 0.6) is 5.75 Å². The number of carbonyl (C=O) groups is 1. The molecule has 2 N–H and O–H groups in total. The van der Waals surface area contributed by atoms with Crippen LogP contribution in [-0.2, 0) is 10.3 Å². The highest BCUT2D eigenvalue weighted by Gasteiger charge is 2.27. The summed E-state index contributed by atoms with van der Waals surface area (Å²) < 4.78 is 10.8. The number of hydrogen-bond donors (Lipinski definition) is 2. The van der Waals surface area contributed by atoms with Gasteiger partial charge in [-0.1, -0.05) is 18.2 Å². The molecule has 1 unspecified atom stereocenters. The summed E-state index contributed by atoms with van der Waals surface area (Å²) in [6.07, 6.45) is 2.81. The molecule has 1 fully saturated rings. The zero-order chi connectivity index (χ0) is 16.0. The van der Waals surface area contributed by atoms with Gasteiger partial charge in [-0.05, 0) is 39.2 Å². The lowest BCUT2D eigenvalue weighted by Crippen LogP contribution is -2.49. The van der Waals surface area contributed by atoms with Crippen molar-refractivity contribution in [3.05, 3.63) is 29.8 Å². The molecule has 0 aliphatic carbocycles. The van der Waals surface area contributed by atoms with Gasteiger partial charge in [-0.25, -0.2) is 4.79 Å². The molecule has 5 nitrogen and oxygen atoms in total. The predicted octanol–water partition coefficient (Wildman–Crippen LogP) is 2.80. The lowest BCUT2D eigenvalue weighted by Gasteiger charge is -2.29. The average Bonchev–Trinajstić information content (AvgIpc) is 2.75. The van der Waals surface area contributed by atoms with E-state index in [1.807, 2.05) is 38.1 Å². The Morgan fingerprint density at radius 2 is 2.05 bits per heavy atom. The number of para-hydroxylation sites is 1. The van der Waals surface area contributed by atoms with Crippen LogP contribution >= 0.6 is 0 Å². The van der Waals surface area contributed by atoms with Gasteiger partial charge in [0.05, 0.1) is 12.6 Å². The highest BCUT2D eigenvalue weighted by molar-refractivity contribution is 5.75. The van der Waals surface area contributed by atoms with Crippen molar-refractivity contribution < 1.29 is 14.3 Å². The monoisotopic (exact) mass is 306 g/mol. The maximum atomic E-state index is 12.3. The summed E-state index contributed by atoms with van der Waals surface area (Å²) >= 11 is 0. The molecule has 2 amide bonds. The first kappa shape index (κ1) is 16.6. The molecule has 1 aliphatic heterocycles. The Labute approximate surface area is 132 Å². The van der Waals surface area contributed by atoms with Crippen molar-refractivity contribution in [3.63, 3.8) is 0 Å². The molecule has 1 aromatic carbocycles. The molecule has 1 aliphatic rings. The van der Waals surface area contributed by atoms with E-state index >= 15 is 0 Å². The average molecular weight is 306 g/mol. The molecule has 1 atom stereocenters. The highest BCUT2D eigenvalue weighted by Crippen LogP contribution is 2.29. The number of ether oxygens (including phenoxy) is 2. The summed E-state index contributed by atoms with van der Waals surface area (Å²) in [5, 5.41) is 6.10. The van der Waals surface area contributed by atoms with Crippen LogP contribution in [0.1, 0.15) is 38.7 Å². The van der Waals surface area contributed by atoms with Gasteiger partial charge in [-0.2, -0.15) is 0 Å². The number of carbonyl (C=O) groups excluding carboxylic acids is 1. The summed E-state index contributed by atoms with van der Waals surface area (Å²) in [6.45, 7) is 5.44. The Morgan fingerprint density at radius 3 is 2.82 bits per heavy atom. The number of amides is 2. The van der Waals surface area contributed by atoms with E-state index in [0.29, 0.717) is 6.61 Å². The van der Waals surface area contributed by atoms with Crippen molar-refractivity contribution in [2.75, 3.05) is 20.3 Å². The summed E-state index contributed by atoms with van der Waals surface area (Å²) in [6, 6.07) is 7.77. The fraction of sp³-hybridized carbons (Fsp3) is 0.588. The zero-order valence-corrected chi connectivity index (χ0v) is 13.6. The van der Waals surface area contributed by atoms with Crippen molar-refractivity contribution >= 4 is 6.03 Å². The standard InChI is InChI=1S/C17H26N2O3/c1-17(2,14-8-4-5-9-15(14)21-3)19-16(20)18-13-7-6-11-22-12-10-13/h4-5,8-9,13H,6-7,10-12H2,1-3H3,(H2,18,19,20). The summed E-state index contributed by atoms with van der Waals surface area (Å²) in [5.74, 6) is 0.774. The fourth-order valence-electron chi connectivity index (χ4n) is 2.78. The minimum absolute atomic E-state index is 0.150. The summed E-state index contributed by atoms with van der Waals surface area (Å²) in [7, 11) is 1.64. The van der Waals surface area contributed by atoms with Gasteiger partial charge in [-0.15, -0.1) is 0 Å². The second-order valence-electron chi connectivity index (χ2n) is 6.16. The SMILES string of the molecule is COc1ccccc1C(C)(C)NC(=O)NC1CCCOCC1. The van der Waals surface area contributed by atoms with E-state index in [1.165, 1.54) is 0 Å². The van der Waals surface area contributed by atoms with Crippen molar-refractivity contribution in [2.45, 2.75) is 44.7 Å². The third kappa shape index (κ3) is 4.37. The lowest BCUT2D eigenvalue weighted by molar-refractivity contribution is 0.142. The fourth-order valence-corrected chi connectivity index (χ4v) is 2.78. The van der Waals surface area contributed by atoms with Crippen molar-refractivity contribution in [1.29, 1.82) is 0 Å². The van der Waals surface area contributed by atoms with Gasteiger partial charge in [0.25, 0.3) is 0 Å². The first-order valence-corrected chi connectivity index (χ1v) is 7.83. The molecule has 1 aromatic rings. The van der Waals surface area contributed by atoms with Crippen LogP contribution in [0.3, 0.4) is 0 Å². The zero-order valence-electron chi connectivity index (χ0n) is 13.6. The third-order valence-electron chi connectivity index (χ3n) is 3.99. The van der Waals surface area contributed by atoms with Gasteiger partial charge in [0.2, 0.25) is 0 Å². The van der Waals surface area contributed by atoms with Crippen LogP contribution in [0.15, 0.2) is 24.3 Å². The van der Waals surface area contributed by atoms with Crippen LogP contribution < -0.4 is 15.4 Å². The van der Waals surface area contributed by atoms with Crippen molar-refractivity contribution in [2.24, 2.45) is 0 Å². The van der Waals surface area contributed by atoms with Crippen LogP contribution in [0.25, 0.3) is 0 Å². The Bertz CT molecular complexity index is 494. The number of rotatable bonds is 4. The predicted molar refractivity (Wildman–Crippen MR) is 86.1 cm³/mol. The Hall–Kier alpha value is -1.75. The van der Waals surface area contributed by atoms with E-state index in [0.717, 1.165) is 37.2 Å². The summed E-state index contributed by atoms with van der Waals surface area (Å²) in [5.41, 5.74) is 0.439. The first-order valence-electron chi connectivity index (χ1n) is 7.83. The topological polar surface area (TPSA) is 59.6 Å². The normalized spacial score (nSPS) is 19.1. The molecule has 122 valence electrons. The molecule has 22 heavy (non-hydrogen) atoms. The van der Waals surface area contributed by atoms with E-state index in [1.54, 1.807) is 7.11 Å². The molecule has 0 radical (unpaired) electrons. The van der Waals surface area contributed by atoms with E-state index in [4.69, 9.17) is 9.47 Å². The Kier molecular flexibility index (Phi) is 5.66. The van der Waals surface area contributed by atoms with Crippen molar-refractivity contribution in [3.8, 4) is 5.75 Å². The van der Waals surface area contributed by atoms with Gasteiger partial charge in [0.15, 0.2) is 0 Å².